The van der Waals surface area contributed by atoms with Crippen LogP contribution in [-0.2, 0) is 6.42 Å². The van der Waals surface area contributed by atoms with Gasteiger partial charge in [0, 0.05) is 19.0 Å². The predicted octanol–water partition coefficient (Wildman–Crippen LogP) is 3.82. The highest BCUT2D eigenvalue weighted by Gasteiger charge is 2.35. The number of amides is 1. The van der Waals surface area contributed by atoms with Crippen LogP contribution in [0.15, 0.2) is 47.0 Å². The Morgan fingerprint density at radius 3 is 2.69 bits per heavy atom. The van der Waals surface area contributed by atoms with Gasteiger partial charge in [-0.25, -0.2) is 4.39 Å². The van der Waals surface area contributed by atoms with E-state index in [-0.39, 0.29) is 17.8 Å². The summed E-state index contributed by atoms with van der Waals surface area (Å²) in [5.74, 6) is 2.04. The van der Waals surface area contributed by atoms with Crippen LogP contribution in [0.3, 0.4) is 0 Å². The molecule has 9 heteroatoms. The second-order valence-corrected chi connectivity index (χ2v) is 7.32. The summed E-state index contributed by atoms with van der Waals surface area (Å²) in [5, 5.41) is 4.02. The molecule has 3 aromatic rings. The van der Waals surface area contributed by atoms with E-state index in [9.17, 15) is 9.18 Å². The quantitative estimate of drug-likeness (QED) is 0.525. The van der Waals surface area contributed by atoms with E-state index in [1.54, 1.807) is 42.3 Å². The van der Waals surface area contributed by atoms with E-state index in [4.69, 9.17) is 18.7 Å². The number of nitrogens with zero attached hydrogens (tertiary/aromatic N) is 3. The molecule has 4 rings (SSSR count). The molecule has 0 radical (unpaired) electrons. The van der Waals surface area contributed by atoms with Gasteiger partial charge in [-0.1, -0.05) is 5.16 Å². The Morgan fingerprint density at radius 1 is 1.16 bits per heavy atom. The summed E-state index contributed by atoms with van der Waals surface area (Å²) in [7, 11) is 3.08. The van der Waals surface area contributed by atoms with E-state index >= 15 is 0 Å². The van der Waals surface area contributed by atoms with Crippen LogP contribution in [-0.4, -0.2) is 48.3 Å². The van der Waals surface area contributed by atoms with Crippen LogP contribution in [0.25, 0.3) is 0 Å². The summed E-state index contributed by atoms with van der Waals surface area (Å²) in [6.45, 7) is 0.908. The molecular weight excluding hydrogens is 417 g/mol. The van der Waals surface area contributed by atoms with Crippen LogP contribution in [0.2, 0.25) is 0 Å². The van der Waals surface area contributed by atoms with E-state index in [1.807, 2.05) is 0 Å². The van der Waals surface area contributed by atoms with Crippen molar-refractivity contribution in [3.63, 3.8) is 0 Å². The van der Waals surface area contributed by atoms with Crippen molar-refractivity contribution in [2.24, 2.45) is 0 Å². The second-order valence-electron chi connectivity index (χ2n) is 7.32. The number of benzene rings is 2. The number of halogens is 1. The summed E-state index contributed by atoms with van der Waals surface area (Å²) < 4.78 is 34.6. The molecule has 1 saturated heterocycles. The SMILES string of the molecule is COc1ccc(C(=O)N2CCCC2c2nc(CCOc3ccc(F)cc3)no2)c(OC)c1. The molecule has 0 bridgehead atoms. The minimum absolute atomic E-state index is 0.161. The summed E-state index contributed by atoms with van der Waals surface area (Å²) in [4.78, 5) is 19.4. The predicted molar refractivity (Wildman–Crippen MR) is 112 cm³/mol. The molecule has 2 heterocycles. The van der Waals surface area contributed by atoms with Gasteiger partial charge in [-0.2, -0.15) is 4.98 Å². The molecule has 0 N–H and O–H groups in total. The summed E-state index contributed by atoms with van der Waals surface area (Å²) in [5.41, 5.74) is 0.452. The Bertz CT molecular complexity index is 1070. The lowest BCUT2D eigenvalue weighted by molar-refractivity contribution is 0.0706. The number of ether oxygens (including phenoxy) is 3. The molecule has 1 atom stereocenters. The Kier molecular flexibility index (Phi) is 6.53. The molecular formula is C23H24FN3O5. The first-order valence-electron chi connectivity index (χ1n) is 10.3. The first-order valence-corrected chi connectivity index (χ1v) is 10.3. The fourth-order valence-electron chi connectivity index (χ4n) is 3.69. The third-order valence-electron chi connectivity index (χ3n) is 5.33. The van der Waals surface area contributed by atoms with E-state index in [0.717, 1.165) is 12.8 Å². The van der Waals surface area contributed by atoms with Gasteiger partial charge < -0.3 is 23.6 Å². The molecule has 0 spiro atoms. The highest BCUT2D eigenvalue weighted by atomic mass is 19.1. The van der Waals surface area contributed by atoms with Gasteiger partial charge in [0.2, 0.25) is 5.89 Å². The molecule has 168 valence electrons. The normalized spacial score (nSPS) is 15.6. The number of methoxy groups -OCH3 is 2. The largest absolute Gasteiger partial charge is 0.497 e. The van der Waals surface area contributed by atoms with Crippen molar-refractivity contribution in [2.75, 3.05) is 27.4 Å². The third-order valence-corrected chi connectivity index (χ3v) is 5.33. The topological polar surface area (TPSA) is 86.9 Å². The van der Waals surface area contributed by atoms with Crippen LogP contribution in [0, 0.1) is 5.82 Å². The molecule has 1 amide bonds. The monoisotopic (exact) mass is 441 g/mol. The van der Waals surface area contributed by atoms with Crippen LogP contribution in [0.5, 0.6) is 17.2 Å². The molecule has 32 heavy (non-hydrogen) atoms. The fourth-order valence-corrected chi connectivity index (χ4v) is 3.69. The van der Waals surface area contributed by atoms with Gasteiger partial charge in [-0.05, 0) is 49.2 Å². The smallest absolute Gasteiger partial charge is 0.258 e. The molecule has 1 aliphatic heterocycles. The number of carbonyl (C=O) groups excluding carboxylic acids is 1. The number of carbonyl (C=O) groups is 1. The highest BCUT2D eigenvalue weighted by Crippen LogP contribution is 2.34. The zero-order valence-electron chi connectivity index (χ0n) is 17.9. The van der Waals surface area contributed by atoms with Gasteiger partial charge in [0.25, 0.3) is 5.91 Å². The van der Waals surface area contributed by atoms with Gasteiger partial charge in [-0.3, -0.25) is 4.79 Å². The van der Waals surface area contributed by atoms with Crippen LogP contribution in [0.1, 0.15) is 41.0 Å². The molecule has 0 saturated carbocycles. The van der Waals surface area contributed by atoms with Crippen molar-refractivity contribution < 1.29 is 27.9 Å². The van der Waals surface area contributed by atoms with Crippen LogP contribution < -0.4 is 14.2 Å². The lowest BCUT2D eigenvalue weighted by Gasteiger charge is -2.23. The zero-order chi connectivity index (χ0) is 22.5. The van der Waals surface area contributed by atoms with Crippen molar-refractivity contribution in [1.82, 2.24) is 15.0 Å². The van der Waals surface area contributed by atoms with Crippen molar-refractivity contribution in [3.05, 3.63) is 65.6 Å². The minimum Gasteiger partial charge on any atom is -0.497 e. The third kappa shape index (κ3) is 4.66. The summed E-state index contributed by atoms with van der Waals surface area (Å²) in [6.07, 6.45) is 1.99. The molecule has 0 aliphatic carbocycles. The standard InChI is InChI=1S/C23H24FN3O5/c1-29-17-9-10-18(20(14-17)30-2)23(28)27-12-3-4-19(27)22-25-21(26-32-22)11-13-31-16-7-5-15(24)6-8-16/h5-10,14,19H,3-4,11-13H2,1-2H3. The molecule has 1 fully saturated rings. The summed E-state index contributed by atoms with van der Waals surface area (Å²) in [6, 6.07) is 10.6. The van der Waals surface area contributed by atoms with Crippen molar-refractivity contribution in [2.45, 2.75) is 25.3 Å². The van der Waals surface area contributed by atoms with E-state index in [1.165, 1.54) is 19.2 Å². The molecule has 1 aromatic heterocycles. The highest BCUT2D eigenvalue weighted by molar-refractivity contribution is 5.97. The average Bonchev–Trinajstić information content (AvgIpc) is 3.49. The minimum atomic E-state index is -0.317. The Morgan fingerprint density at radius 2 is 1.94 bits per heavy atom. The lowest BCUT2D eigenvalue weighted by atomic mass is 10.1. The van der Waals surface area contributed by atoms with Crippen LogP contribution in [0.4, 0.5) is 4.39 Å². The molecule has 1 aliphatic rings. The zero-order valence-corrected chi connectivity index (χ0v) is 17.9. The van der Waals surface area contributed by atoms with Gasteiger partial charge in [0.05, 0.1) is 26.4 Å². The van der Waals surface area contributed by atoms with Gasteiger partial charge in [0.15, 0.2) is 5.82 Å². The van der Waals surface area contributed by atoms with Crippen molar-refractivity contribution >= 4 is 5.91 Å². The van der Waals surface area contributed by atoms with E-state index in [0.29, 0.717) is 54.1 Å². The second kappa shape index (κ2) is 9.67. The van der Waals surface area contributed by atoms with Gasteiger partial charge in [-0.15, -0.1) is 0 Å². The Hall–Kier alpha value is -3.62. The number of rotatable bonds is 8. The average molecular weight is 441 g/mol. The Balaban J connectivity index is 1.42. The van der Waals surface area contributed by atoms with Crippen molar-refractivity contribution in [3.8, 4) is 17.2 Å². The molecule has 8 nitrogen and oxygen atoms in total. The molecule has 2 aromatic carbocycles. The van der Waals surface area contributed by atoms with E-state index < -0.39 is 0 Å². The van der Waals surface area contributed by atoms with Crippen molar-refractivity contribution in [1.29, 1.82) is 0 Å². The Labute approximate surface area is 184 Å². The summed E-state index contributed by atoms with van der Waals surface area (Å²) >= 11 is 0. The molecule has 1 unspecified atom stereocenters. The first-order chi connectivity index (χ1) is 15.6. The van der Waals surface area contributed by atoms with Gasteiger partial charge in [0.1, 0.15) is 29.1 Å². The first kappa shape index (κ1) is 21.6. The maximum Gasteiger partial charge on any atom is 0.258 e. The fraction of sp³-hybridized carbons (Fsp3) is 0.348. The van der Waals surface area contributed by atoms with Gasteiger partial charge >= 0.3 is 0 Å². The van der Waals surface area contributed by atoms with Crippen LogP contribution >= 0.6 is 0 Å². The maximum atomic E-state index is 13.2. The number of likely N-dealkylation sites (tertiary alicyclic amines) is 1. The van der Waals surface area contributed by atoms with E-state index in [2.05, 4.69) is 10.1 Å². The number of hydrogen-bond donors (Lipinski definition) is 0. The number of hydrogen-bond acceptors (Lipinski definition) is 7. The lowest BCUT2D eigenvalue weighted by Crippen LogP contribution is -2.31. The number of aromatic nitrogens is 2. The maximum absolute atomic E-state index is 13.2.